The average molecular weight is 897 g/mol. The molecule has 0 radical (unpaired) electrons. The lowest BCUT2D eigenvalue weighted by molar-refractivity contribution is -0.136. The fourth-order valence-corrected chi connectivity index (χ4v) is 11.3. The molecule has 14 nitrogen and oxygen atoms in total. The zero-order chi connectivity index (χ0) is 46.3. The Morgan fingerprint density at radius 1 is 0.727 bits per heavy atom. The Kier molecular flexibility index (Phi) is 12.7. The quantitative estimate of drug-likeness (QED) is 0.0958. The van der Waals surface area contributed by atoms with E-state index in [1.165, 1.54) is 67.7 Å². The summed E-state index contributed by atoms with van der Waals surface area (Å²) in [6, 6.07) is 18.1. The largest absolute Gasteiger partial charge is 0.453 e. The zero-order valence-electron chi connectivity index (χ0n) is 39.2. The Bertz CT molecular complexity index is 2610. The number of rotatable bonds is 12. The molecule has 9 rings (SSSR count). The third-order valence-corrected chi connectivity index (χ3v) is 15.1. The summed E-state index contributed by atoms with van der Waals surface area (Å²) in [4.78, 5) is 72.7. The van der Waals surface area contributed by atoms with Crippen LogP contribution >= 0.6 is 0 Å². The summed E-state index contributed by atoms with van der Waals surface area (Å²) in [5, 5.41) is 5.52. The van der Waals surface area contributed by atoms with Crippen LogP contribution in [0.25, 0.3) is 44.5 Å². The number of hydrogen-bond acceptors (Lipinski definition) is 8. The minimum absolute atomic E-state index is 0.0546. The normalized spacial score (nSPS) is 20.2. The van der Waals surface area contributed by atoms with Gasteiger partial charge in [0.05, 0.1) is 49.2 Å². The highest BCUT2D eigenvalue weighted by Crippen LogP contribution is 2.53. The van der Waals surface area contributed by atoms with E-state index in [1.807, 2.05) is 43.7 Å². The van der Waals surface area contributed by atoms with Crippen LogP contribution in [0, 0.1) is 17.3 Å². The third kappa shape index (κ3) is 8.54. The molecule has 2 aliphatic carbocycles. The van der Waals surface area contributed by atoms with Gasteiger partial charge in [0, 0.05) is 13.1 Å². The first-order chi connectivity index (χ1) is 31.9. The van der Waals surface area contributed by atoms with Crippen LogP contribution < -0.4 is 10.6 Å². The van der Waals surface area contributed by atoms with Crippen LogP contribution in [0.4, 0.5) is 9.59 Å². The summed E-state index contributed by atoms with van der Waals surface area (Å²) in [6.07, 6.45) is 11.9. The number of H-pyrrole nitrogens is 2. The topological polar surface area (TPSA) is 175 Å². The van der Waals surface area contributed by atoms with Gasteiger partial charge in [0.2, 0.25) is 11.8 Å². The number of nitrogens with zero attached hydrogens (tertiary/aromatic N) is 4. The molecule has 66 heavy (non-hydrogen) atoms. The predicted molar refractivity (Wildman–Crippen MR) is 253 cm³/mol. The number of amides is 4. The van der Waals surface area contributed by atoms with Crippen molar-refractivity contribution in [3.05, 3.63) is 83.6 Å². The summed E-state index contributed by atoms with van der Waals surface area (Å²) in [6.45, 7) is 9.04. The number of aromatic nitrogens is 4. The van der Waals surface area contributed by atoms with E-state index in [0.717, 1.165) is 84.4 Å². The van der Waals surface area contributed by atoms with Gasteiger partial charge in [-0.3, -0.25) is 9.59 Å². The van der Waals surface area contributed by atoms with E-state index in [4.69, 9.17) is 19.4 Å². The highest BCUT2D eigenvalue weighted by Gasteiger charge is 2.43. The molecule has 4 amide bonds. The van der Waals surface area contributed by atoms with Gasteiger partial charge < -0.3 is 39.9 Å². The first-order valence-corrected chi connectivity index (χ1v) is 24.0. The number of nitrogens with one attached hydrogen (secondary N) is 4. The number of hydrogen-bond donors (Lipinski definition) is 4. The van der Waals surface area contributed by atoms with Gasteiger partial charge in [-0.1, -0.05) is 89.4 Å². The molecule has 5 atom stereocenters. The zero-order valence-corrected chi connectivity index (χ0v) is 39.2. The second kappa shape index (κ2) is 18.6. The monoisotopic (exact) mass is 896 g/mol. The fourth-order valence-electron chi connectivity index (χ4n) is 11.3. The second-order valence-electron chi connectivity index (χ2n) is 19.5. The smallest absolute Gasteiger partial charge is 0.407 e. The number of ether oxygens (including phenoxy) is 2. The highest BCUT2D eigenvalue weighted by molar-refractivity contribution is 5.88. The Morgan fingerprint density at radius 2 is 1.29 bits per heavy atom. The number of carbonyl (C=O) groups is 4. The molecule has 2 aromatic heterocycles. The minimum Gasteiger partial charge on any atom is -0.453 e. The molecule has 5 aromatic rings. The maximum atomic E-state index is 14.0. The Labute approximate surface area is 387 Å². The van der Waals surface area contributed by atoms with Crippen molar-refractivity contribution in [2.75, 3.05) is 27.3 Å². The van der Waals surface area contributed by atoms with E-state index in [9.17, 15) is 19.2 Å². The van der Waals surface area contributed by atoms with E-state index in [1.54, 1.807) is 0 Å². The lowest BCUT2D eigenvalue weighted by atomic mass is 9.82. The third-order valence-electron chi connectivity index (χ3n) is 15.1. The van der Waals surface area contributed by atoms with Crippen molar-refractivity contribution in [3.8, 4) is 33.5 Å². The van der Waals surface area contributed by atoms with Crippen molar-refractivity contribution in [1.82, 2.24) is 40.4 Å². The fraction of sp³-hybridized carbons (Fsp3) is 0.500. The molecule has 14 heteroatoms. The molecular weight excluding hydrogens is 833 g/mol. The molecule has 2 saturated heterocycles. The van der Waals surface area contributed by atoms with Crippen molar-refractivity contribution < 1.29 is 28.7 Å². The van der Waals surface area contributed by atoms with E-state index >= 15 is 0 Å². The Morgan fingerprint density at radius 3 is 1.89 bits per heavy atom. The SMILES string of the molecule is CC[C@H](C)C(NC(=O)OC)C(=O)N1CCCC1c1nc2ccc(-c3ccc(-c4ccc(-c5cnc(C6CCCN6C(=O)[C@@H](NC(=O)OC)C(C)C)[nH]5)cc4)c4c3CC3(CCCC3)C4)cc2[nH]1. The first-order valence-electron chi connectivity index (χ1n) is 24.0. The summed E-state index contributed by atoms with van der Waals surface area (Å²) in [5.74, 6) is 1.13. The van der Waals surface area contributed by atoms with E-state index in [-0.39, 0.29) is 35.7 Å². The molecule has 4 aliphatic rings. The van der Waals surface area contributed by atoms with Crippen LogP contribution in [0.3, 0.4) is 0 Å². The second-order valence-corrected chi connectivity index (χ2v) is 19.5. The molecule has 4 heterocycles. The molecule has 3 aromatic carbocycles. The molecule has 3 fully saturated rings. The standard InChI is InChI=1S/C52H64N8O6/c1-7-31(4)45(58-51(64)66-6)49(62)60-25-11-13-43(60)47-54-39-21-18-34(26-40(39)55-47)36-20-19-35(37-27-52(28-38(36)37)22-8-9-23-52)32-14-16-33(17-15-32)41-29-53-46(56-41)42-12-10-24-59(42)48(61)44(30(2)3)57-50(63)65-5/h14-21,26,29-31,42-45H,7-13,22-25,27-28H2,1-6H3,(H,53,56)(H,54,55)(H,57,63)(H,58,64)/t31-,42?,43?,44-,45?/m0/s1. The molecule has 0 bridgehead atoms. The van der Waals surface area contributed by atoms with Crippen molar-refractivity contribution >= 4 is 35.0 Å². The summed E-state index contributed by atoms with van der Waals surface area (Å²) < 4.78 is 9.68. The predicted octanol–water partition coefficient (Wildman–Crippen LogP) is 9.42. The van der Waals surface area contributed by atoms with E-state index in [2.05, 4.69) is 75.2 Å². The molecule has 4 N–H and O–H groups in total. The van der Waals surface area contributed by atoms with E-state index in [0.29, 0.717) is 18.5 Å². The number of fused-ring (bicyclic) bond motifs is 2. The molecule has 3 unspecified atom stereocenters. The molecule has 1 spiro atoms. The van der Waals surface area contributed by atoms with Crippen LogP contribution in [0.2, 0.25) is 0 Å². The van der Waals surface area contributed by atoms with Crippen LogP contribution in [-0.2, 0) is 31.9 Å². The van der Waals surface area contributed by atoms with Crippen LogP contribution in [-0.4, -0.2) is 93.1 Å². The summed E-state index contributed by atoms with van der Waals surface area (Å²) in [5.41, 5.74) is 11.8. The number of carbonyl (C=O) groups excluding carboxylic acids is 4. The highest BCUT2D eigenvalue weighted by atomic mass is 16.5. The maximum Gasteiger partial charge on any atom is 0.407 e. The van der Waals surface area contributed by atoms with Crippen LogP contribution in [0.1, 0.15) is 120 Å². The van der Waals surface area contributed by atoms with Gasteiger partial charge >= 0.3 is 12.2 Å². The van der Waals surface area contributed by atoms with Gasteiger partial charge in [-0.05, 0) is 120 Å². The van der Waals surface area contributed by atoms with Crippen molar-refractivity contribution in [3.63, 3.8) is 0 Å². The lowest BCUT2D eigenvalue weighted by Crippen LogP contribution is -2.51. The molecular formula is C52H64N8O6. The average Bonchev–Trinajstić information content (AvgIpc) is 4.20. The first kappa shape index (κ1) is 45.0. The number of imidazole rings is 2. The molecule has 1 saturated carbocycles. The van der Waals surface area contributed by atoms with Crippen LogP contribution in [0.5, 0.6) is 0 Å². The van der Waals surface area contributed by atoms with Gasteiger partial charge in [-0.15, -0.1) is 0 Å². The van der Waals surface area contributed by atoms with E-state index < -0.39 is 24.3 Å². The minimum atomic E-state index is -0.686. The van der Waals surface area contributed by atoms with Gasteiger partial charge in [-0.2, -0.15) is 0 Å². The molecule has 2 aliphatic heterocycles. The Hall–Kier alpha value is -6.18. The lowest BCUT2D eigenvalue weighted by Gasteiger charge is -2.30. The van der Waals surface area contributed by atoms with Gasteiger partial charge in [0.1, 0.15) is 23.7 Å². The summed E-state index contributed by atoms with van der Waals surface area (Å²) >= 11 is 0. The van der Waals surface area contributed by atoms with Gasteiger partial charge in [0.25, 0.3) is 0 Å². The van der Waals surface area contributed by atoms with Crippen molar-refractivity contribution in [1.29, 1.82) is 0 Å². The Balaban J connectivity index is 0.964. The molecule has 348 valence electrons. The van der Waals surface area contributed by atoms with Gasteiger partial charge in [-0.25, -0.2) is 19.6 Å². The number of aromatic amines is 2. The van der Waals surface area contributed by atoms with Crippen molar-refractivity contribution in [2.45, 2.75) is 122 Å². The number of benzene rings is 3. The van der Waals surface area contributed by atoms with Gasteiger partial charge in [0.15, 0.2) is 0 Å². The number of likely N-dealkylation sites (tertiary alicyclic amines) is 2. The number of alkyl carbamates (subject to hydrolysis) is 2. The maximum absolute atomic E-state index is 14.0. The summed E-state index contributed by atoms with van der Waals surface area (Å²) in [7, 11) is 2.62. The van der Waals surface area contributed by atoms with Crippen molar-refractivity contribution in [2.24, 2.45) is 17.3 Å². The van der Waals surface area contributed by atoms with Crippen LogP contribution in [0.15, 0.2) is 60.8 Å². The number of methoxy groups -OCH3 is 2.